The SMILES string of the molecule is CCNC(C)CC(=O)Cc1cccc(F)c1F. The zero-order valence-corrected chi connectivity index (χ0v) is 10.1. The molecule has 1 aromatic carbocycles. The van der Waals surface area contributed by atoms with E-state index in [-0.39, 0.29) is 23.8 Å². The number of nitrogens with one attached hydrogen (secondary N) is 1. The minimum Gasteiger partial charge on any atom is -0.314 e. The predicted octanol–water partition coefficient (Wildman–Crippen LogP) is 2.46. The molecule has 1 unspecified atom stereocenters. The molecule has 4 heteroatoms. The van der Waals surface area contributed by atoms with Crippen LogP contribution < -0.4 is 5.32 Å². The molecule has 1 rings (SSSR count). The van der Waals surface area contributed by atoms with E-state index in [4.69, 9.17) is 0 Å². The van der Waals surface area contributed by atoms with Gasteiger partial charge in [0.05, 0.1) is 0 Å². The molecule has 0 aromatic heterocycles. The third kappa shape index (κ3) is 4.23. The van der Waals surface area contributed by atoms with E-state index in [1.54, 1.807) is 0 Å². The largest absolute Gasteiger partial charge is 0.314 e. The maximum Gasteiger partial charge on any atom is 0.162 e. The molecule has 0 saturated heterocycles. The summed E-state index contributed by atoms with van der Waals surface area (Å²) in [4.78, 5) is 11.6. The Balaban J connectivity index is 2.59. The van der Waals surface area contributed by atoms with E-state index in [1.165, 1.54) is 12.1 Å². The fraction of sp³-hybridized carbons (Fsp3) is 0.462. The molecule has 17 heavy (non-hydrogen) atoms. The lowest BCUT2D eigenvalue weighted by Crippen LogP contribution is -2.28. The van der Waals surface area contributed by atoms with Crippen LogP contribution in [0.25, 0.3) is 0 Å². The Morgan fingerprint density at radius 2 is 2.12 bits per heavy atom. The van der Waals surface area contributed by atoms with Gasteiger partial charge in [0.15, 0.2) is 11.6 Å². The normalized spacial score (nSPS) is 12.5. The lowest BCUT2D eigenvalue weighted by atomic mass is 10.0. The third-order valence-electron chi connectivity index (χ3n) is 2.51. The van der Waals surface area contributed by atoms with Crippen LogP contribution in [0.1, 0.15) is 25.8 Å². The van der Waals surface area contributed by atoms with Crippen LogP contribution in [-0.2, 0) is 11.2 Å². The number of carbonyl (C=O) groups excluding carboxylic acids is 1. The Hall–Kier alpha value is -1.29. The van der Waals surface area contributed by atoms with Crippen molar-refractivity contribution in [2.24, 2.45) is 0 Å². The van der Waals surface area contributed by atoms with Crippen molar-refractivity contribution in [2.75, 3.05) is 6.54 Å². The van der Waals surface area contributed by atoms with E-state index in [1.807, 2.05) is 13.8 Å². The van der Waals surface area contributed by atoms with Crippen LogP contribution in [-0.4, -0.2) is 18.4 Å². The number of ketones is 1. The van der Waals surface area contributed by atoms with Crippen molar-refractivity contribution in [3.8, 4) is 0 Å². The number of Topliss-reactive ketones (excluding diaryl/α,β-unsaturated/α-hetero) is 1. The summed E-state index contributed by atoms with van der Waals surface area (Å²) in [6.07, 6.45) is 0.267. The van der Waals surface area contributed by atoms with Gasteiger partial charge in [0, 0.05) is 18.9 Å². The number of rotatable bonds is 6. The topological polar surface area (TPSA) is 29.1 Å². The standard InChI is InChI=1S/C13H17F2NO/c1-3-16-9(2)7-11(17)8-10-5-4-6-12(14)13(10)15/h4-6,9,16H,3,7-8H2,1-2H3. The van der Waals surface area contributed by atoms with E-state index < -0.39 is 11.6 Å². The first-order chi connectivity index (χ1) is 8.04. The molecule has 1 aromatic rings. The second kappa shape index (κ2) is 6.45. The Morgan fingerprint density at radius 1 is 1.41 bits per heavy atom. The summed E-state index contributed by atoms with van der Waals surface area (Å²) < 4.78 is 26.2. The Kier molecular flexibility index (Phi) is 5.22. The quantitative estimate of drug-likeness (QED) is 0.829. The first-order valence-corrected chi connectivity index (χ1v) is 5.72. The molecule has 1 N–H and O–H groups in total. The summed E-state index contributed by atoms with van der Waals surface area (Å²) in [6.45, 7) is 4.62. The lowest BCUT2D eigenvalue weighted by molar-refractivity contribution is -0.118. The van der Waals surface area contributed by atoms with Crippen molar-refractivity contribution < 1.29 is 13.6 Å². The summed E-state index contributed by atoms with van der Waals surface area (Å²) in [7, 11) is 0. The first kappa shape index (κ1) is 13.8. The molecule has 0 aliphatic carbocycles. The maximum atomic E-state index is 13.3. The average molecular weight is 241 g/mol. The third-order valence-corrected chi connectivity index (χ3v) is 2.51. The molecular weight excluding hydrogens is 224 g/mol. The molecule has 0 amide bonds. The summed E-state index contributed by atoms with van der Waals surface area (Å²) >= 11 is 0. The minimum atomic E-state index is -0.919. The molecule has 0 fully saturated rings. The molecule has 0 aliphatic heterocycles. The van der Waals surface area contributed by atoms with Gasteiger partial charge in [0.25, 0.3) is 0 Å². The summed E-state index contributed by atoms with van der Waals surface area (Å²) in [5.41, 5.74) is 0.124. The Morgan fingerprint density at radius 3 is 2.76 bits per heavy atom. The molecule has 0 bridgehead atoms. The summed E-state index contributed by atoms with van der Waals surface area (Å²) in [5.74, 6) is -1.92. The number of halogens is 2. The summed E-state index contributed by atoms with van der Waals surface area (Å²) in [5, 5.41) is 3.10. The van der Waals surface area contributed by atoms with Crippen LogP contribution in [0.2, 0.25) is 0 Å². The van der Waals surface area contributed by atoms with Crippen LogP contribution in [0.15, 0.2) is 18.2 Å². The van der Waals surface area contributed by atoms with Gasteiger partial charge in [-0.3, -0.25) is 4.79 Å². The highest BCUT2D eigenvalue weighted by Crippen LogP contribution is 2.13. The van der Waals surface area contributed by atoms with E-state index in [0.717, 1.165) is 12.6 Å². The van der Waals surface area contributed by atoms with Crippen LogP contribution in [0.3, 0.4) is 0 Å². The molecule has 0 aliphatic rings. The zero-order chi connectivity index (χ0) is 12.8. The van der Waals surface area contributed by atoms with Gasteiger partial charge in [-0.05, 0) is 25.1 Å². The Labute approximate surface area is 100 Å². The second-order valence-corrected chi connectivity index (χ2v) is 4.09. The smallest absolute Gasteiger partial charge is 0.162 e. The van der Waals surface area contributed by atoms with Gasteiger partial charge < -0.3 is 5.32 Å². The van der Waals surface area contributed by atoms with E-state index >= 15 is 0 Å². The van der Waals surface area contributed by atoms with Crippen molar-refractivity contribution in [3.63, 3.8) is 0 Å². The van der Waals surface area contributed by atoms with Crippen LogP contribution in [0.5, 0.6) is 0 Å². The van der Waals surface area contributed by atoms with Gasteiger partial charge in [-0.15, -0.1) is 0 Å². The molecule has 2 nitrogen and oxygen atoms in total. The lowest BCUT2D eigenvalue weighted by Gasteiger charge is -2.11. The van der Waals surface area contributed by atoms with Crippen molar-refractivity contribution in [3.05, 3.63) is 35.4 Å². The van der Waals surface area contributed by atoms with Crippen molar-refractivity contribution >= 4 is 5.78 Å². The van der Waals surface area contributed by atoms with E-state index in [2.05, 4.69) is 5.32 Å². The van der Waals surface area contributed by atoms with E-state index in [9.17, 15) is 13.6 Å². The number of carbonyl (C=O) groups is 1. The first-order valence-electron chi connectivity index (χ1n) is 5.72. The average Bonchev–Trinajstić information content (AvgIpc) is 2.25. The number of benzene rings is 1. The van der Waals surface area contributed by atoms with Crippen molar-refractivity contribution in [2.45, 2.75) is 32.7 Å². The van der Waals surface area contributed by atoms with Crippen LogP contribution >= 0.6 is 0 Å². The van der Waals surface area contributed by atoms with Gasteiger partial charge in [-0.25, -0.2) is 8.78 Å². The number of hydrogen-bond donors (Lipinski definition) is 1. The highest BCUT2D eigenvalue weighted by atomic mass is 19.2. The molecule has 0 heterocycles. The fourth-order valence-electron chi connectivity index (χ4n) is 1.73. The predicted molar refractivity (Wildman–Crippen MR) is 62.8 cm³/mol. The van der Waals surface area contributed by atoms with Gasteiger partial charge in [0.1, 0.15) is 5.78 Å². The summed E-state index contributed by atoms with van der Waals surface area (Å²) in [6, 6.07) is 3.96. The minimum absolute atomic E-state index is 0.0562. The van der Waals surface area contributed by atoms with Gasteiger partial charge in [-0.1, -0.05) is 19.1 Å². The molecule has 0 spiro atoms. The highest BCUT2D eigenvalue weighted by molar-refractivity contribution is 5.81. The van der Waals surface area contributed by atoms with Gasteiger partial charge >= 0.3 is 0 Å². The van der Waals surface area contributed by atoms with Gasteiger partial charge in [0.2, 0.25) is 0 Å². The van der Waals surface area contributed by atoms with Gasteiger partial charge in [-0.2, -0.15) is 0 Å². The molecular formula is C13H17F2NO. The monoisotopic (exact) mass is 241 g/mol. The van der Waals surface area contributed by atoms with Crippen molar-refractivity contribution in [1.29, 1.82) is 0 Å². The number of hydrogen-bond acceptors (Lipinski definition) is 2. The Bertz CT molecular complexity index is 393. The molecule has 0 radical (unpaired) electrons. The van der Waals surface area contributed by atoms with Crippen LogP contribution in [0.4, 0.5) is 8.78 Å². The second-order valence-electron chi connectivity index (χ2n) is 4.09. The van der Waals surface area contributed by atoms with E-state index in [0.29, 0.717) is 6.42 Å². The van der Waals surface area contributed by atoms with Crippen molar-refractivity contribution in [1.82, 2.24) is 5.32 Å². The van der Waals surface area contributed by atoms with Crippen LogP contribution in [0, 0.1) is 11.6 Å². The molecule has 94 valence electrons. The highest BCUT2D eigenvalue weighted by Gasteiger charge is 2.13. The fourth-order valence-corrected chi connectivity index (χ4v) is 1.73. The maximum absolute atomic E-state index is 13.3. The molecule has 0 saturated carbocycles. The zero-order valence-electron chi connectivity index (χ0n) is 10.1. The molecule has 1 atom stereocenters.